The standard InChI is InChI=1S/C24H24N2O4S/c1-15-6-8-19(12-16(15)2)26(17(3)27)24-25-18(14-31-24)7-10-22(28)21-13-20(29-4)9-11-23(21)30-5/h6-14H,1-5H3/b10-7+. The zero-order valence-corrected chi connectivity index (χ0v) is 18.9. The van der Waals surface area contributed by atoms with E-state index in [4.69, 9.17) is 9.47 Å². The van der Waals surface area contributed by atoms with E-state index in [0.717, 1.165) is 16.8 Å². The molecule has 6 nitrogen and oxygen atoms in total. The van der Waals surface area contributed by atoms with Crippen LogP contribution in [-0.2, 0) is 4.79 Å². The normalized spacial score (nSPS) is 10.9. The predicted octanol–water partition coefficient (Wildman–Crippen LogP) is 5.36. The number of anilines is 2. The van der Waals surface area contributed by atoms with Crippen molar-refractivity contribution in [3.63, 3.8) is 0 Å². The van der Waals surface area contributed by atoms with Gasteiger partial charge in [0.05, 0.1) is 31.2 Å². The second-order valence-electron chi connectivity index (χ2n) is 6.94. The van der Waals surface area contributed by atoms with E-state index >= 15 is 0 Å². The van der Waals surface area contributed by atoms with Gasteiger partial charge in [0.15, 0.2) is 10.9 Å². The van der Waals surface area contributed by atoms with Gasteiger partial charge in [-0.05, 0) is 67.5 Å². The number of carbonyl (C=O) groups is 2. The zero-order chi connectivity index (χ0) is 22.5. The largest absolute Gasteiger partial charge is 0.497 e. The maximum absolute atomic E-state index is 12.7. The van der Waals surface area contributed by atoms with E-state index in [2.05, 4.69) is 4.98 Å². The second-order valence-corrected chi connectivity index (χ2v) is 7.78. The van der Waals surface area contributed by atoms with Crippen molar-refractivity contribution in [3.05, 3.63) is 70.2 Å². The van der Waals surface area contributed by atoms with Gasteiger partial charge in [-0.15, -0.1) is 11.3 Å². The Morgan fingerprint density at radius 2 is 1.81 bits per heavy atom. The molecule has 0 atom stereocenters. The van der Waals surface area contributed by atoms with Crippen molar-refractivity contribution < 1.29 is 19.1 Å². The Kier molecular flexibility index (Phi) is 6.87. The third-order valence-electron chi connectivity index (χ3n) is 4.84. The van der Waals surface area contributed by atoms with Crippen LogP contribution in [0.3, 0.4) is 0 Å². The molecule has 0 N–H and O–H groups in total. The first-order valence-corrected chi connectivity index (χ1v) is 10.5. The van der Waals surface area contributed by atoms with Gasteiger partial charge in [0.2, 0.25) is 5.91 Å². The van der Waals surface area contributed by atoms with Gasteiger partial charge in [0.1, 0.15) is 11.5 Å². The summed E-state index contributed by atoms with van der Waals surface area (Å²) in [5.74, 6) is 0.666. The molecule has 1 amide bonds. The number of ether oxygens (including phenoxy) is 2. The van der Waals surface area contributed by atoms with Gasteiger partial charge in [-0.1, -0.05) is 6.07 Å². The van der Waals surface area contributed by atoms with Crippen LogP contribution in [0.1, 0.15) is 34.1 Å². The second kappa shape index (κ2) is 9.57. The van der Waals surface area contributed by atoms with Crippen molar-refractivity contribution in [1.82, 2.24) is 4.98 Å². The fourth-order valence-corrected chi connectivity index (χ4v) is 3.86. The Morgan fingerprint density at radius 1 is 1.03 bits per heavy atom. The molecule has 0 aliphatic carbocycles. The minimum absolute atomic E-state index is 0.134. The molecule has 1 aromatic heterocycles. The van der Waals surface area contributed by atoms with Crippen LogP contribution in [0.5, 0.6) is 11.5 Å². The molecule has 0 aliphatic rings. The lowest BCUT2D eigenvalue weighted by Gasteiger charge is -2.19. The van der Waals surface area contributed by atoms with Gasteiger partial charge in [-0.3, -0.25) is 14.5 Å². The summed E-state index contributed by atoms with van der Waals surface area (Å²) in [6.07, 6.45) is 3.06. The van der Waals surface area contributed by atoms with Gasteiger partial charge in [-0.25, -0.2) is 4.98 Å². The fourth-order valence-electron chi connectivity index (χ4n) is 3.00. The van der Waals surface area contributed by atoms with Crippen molar-refractivity contribution in [2.24, 2.45) is 0 Å². The molecular weight excluding hydrogens is 412 g/mol. The number of amides is 1. The van der Waals surface area contributed by atoms with Crippen molar-refractivity contribution >= 4 is 39.9 Å². The molecule has 0 saturated carbocycles. The molecule has 31 heavy (non-hydrogen) atoms. The minimum atomic E-state index is -0.233. The molecule has 1 heterocycles. The molecule has 0 unspecified atom stereocenters. The molecule has 2 aromatic carbocycles. The van der Waals surface area contributed by atoms with Crippen molar-refractivity contribution in [3.8, 4) is 11.5 Å². The Bertz CT molecular complexity index is 1150. The van der Waals surface area contributed by atoms with Gasteiger partial charge >= 0.3 is 0 Å². The molecule has 0 aliphatic heterocycles. The van der Waals surface area contributed by atoms with E-state index in [-0.39, 0.29) is 11.7 Å². The maximum atomic E-state index is 12.7. The van der Waals surface area contributed by atoms with E-state index in [9.17, 15) is 9.59 Å². The van der Waals surface area contributed by atoms with Gasteiger partial charge in [0, 0.05) is 12.3 Å². The Balaban J connectivity index is 1.86. The first-order valence-electron chi connectivity index (χ1n) is 9.62. The molecule has 0 bridgehead atoms. The van der Waals surface area contributed by atoms with Crippen molar-refractivity contribution in [2.75, 3.05) is 19.1 Å². The number of carbonyl (C=O) groups excluding carboxylic acids is 2. The van der Waals surface area contributed by atoms with Crippen LogP contribution in [0.15, 0.2) is 47.9 Å². The summed E-state index contributed by atoms with van der Waals surface area (Å²) >= 11 is 1.34. The van der Waals surface area contributed by atoms with Crippen LogP contribution < -0.4 is 14.4 Å². The average Bonchev–Trinajstić information content (AvgIpc) is 3.22. The van der Waals surface area contributed by atoms with Crippen LogP contribution >= 0.6 is 11.3 Å². The van der Waals surface area contributed by atoms with Crippen LogP contribution in [-0.4, -0.2) is 30.9 Å². The quantitative estimate of drug-likeness (QED) is 0.368. The van der Waals surface area contributed by atoms with E-state index < -0.39 is 0 Å². The van der Waals surface area contributed by atoms with Crippen LogP contribution in [0.4, 0.5) is 10.8 Å². The molecule has 7 heteroatoms. The predicted molar refractivity (Wildman–Crippen MR) is 124 cm³/mol. The number of aromatic nitrogens is 1. The first-order chi connectivity index (χ1) is 14.8. The zero-order valence-electron chi connectivity index (χ0n) is 18.1. The number of benzene rings is 2. The topological polar surface area (TPSA) is 68.7 Å². The number of hydrogen-bond donors (Lipinski definition) is 0. The minimum Gasteiger partial charge on any atom is -0.497 e. The van der Waals surface area contributed by atoms with Crippen LogP contribution in [0, 0.1) is 13.8 Å². The summed E-state index contributed by atoms with van der Waals surface area (Å²) < 4.78 is 10.5. The molecule has 0 radical (unpaired) electrons. The van der Waals surface area contributed by atoms with Gasteiger partial charge in [-0.2, -0.15) is 0 Å². The van der Waals surface area contributed by atoms with E-state index in [1.165, 1.54) is 31.4 Å². The summed E-state index contributed by atoms with van der Waals surface area (Å²) in [5, 5.41) is 2.35. The highest BCUT2D eigenvalue weighted by Crippen LogP contribution is 2.31. The number of hydrogen-bond acceptors (Lipinski definition) is 6. The Labute approximate surface area is 185 Å². The highest BCUT2D eigenvalue weighted by atomic mass is 32.1. The lowest BCUT2D eigenvalue weighted by molar-refractivity contribution is -0.115. The molecule has 0 saturated heterocycles. The summed E-state index contributed by atoms with van der Waals surface area (Å²) in [7, 11) is 3.05. The lowest BCUT2D eigenvalue weighted by atomic mass is 10.1. The van der Waals surface area contributed by atoms with Gasteiger partial charge < -0.3 is 9.47 Å². The molecule has 0 fully saturated rings. The number of allylic oxidation sites excluding steroid dienone is 1. The number of ketones is 1. The van der Waals surface area contributed by atoms with E-state index in [0.29, 0.717) is 27.9 Å². The van der Waals surface area contributed by atoms with Crippen LogP contribution in [0.2, 0.25) is 0 Å². The summed E-state index contributed by atoms with van der Waals surface area (Å²) in [4.78, 5) is 31.1. The van der Waals surface area contributed by atoms with Crippen molar-refractivity contribution in [1.29, 1.82) is 0 Å². The molecule has 3 aromatic rings. The lowest BCUT2D eigenvalue weighted by Crippen LogP contribution is -2.22. The molecule has 3 rings (SSSR count). The number of aryl methyl sites for hydroxylation is 2. The third-order valence-corrected chi connectivity index (χ3v) is 5.69. The smallest absolute Gasteiger partial charge is 0.230 e. The number of rotatable bonds is 7. The van der Waals surface area contributed by atoms with Gasteiger partial charge in [0.25, 0.3) is 0 Å². The Hall–Kier alpha value is -3.45. The molecular formula is C24H24N2O4S. The third kappa shape index (κ3) is 5.00. The van der Waals surface area contributed by atoms with E-state index in [1.54, 1.807) is 41.7 Å². The summed E-state index contributed by atoms with van der Waals surface area (Å²) in [6.45, 7) is 5.54. The fraction of sp³-hybridized carbons (Fsp3) is 0.208. The van der Waals surface area contributed by atoms with Crippen molar-refractivity contribution in [2.45, 2.75) is 20.8 Å². The van der Waals surface area contributed by atoms with E-state index in [1.807, 2.05) is 32.0 Å². The molecule has 160 valence electrons. The first kappa shape index (κ1) is 22.2. The SMILES string of the molecule is COc1ccc(OC)c(C(=O)/C=C/c2csc(N(C(C)=O)c3ccc(C)c(C)c3)n2)c1. The maximum Gasteiger partial charge on any atom is 0.230 e. The number of nitrogens with zero attached hydrogens (tertiary/aromatic N) is 2. The Morgan fingerprint density at radius 3 is 2.45 bits per heavy atom. The van der Waals surface area contributed by atoms with Crippen LogP contribution in [0.25, 0.3) is 6.08 Å². The monoisotopic (exact) mass is 436 g/mol. The number of methoxy groups -OCH3 is 2. The summed E-state index contributed by atoms with van der Waals surface area (Å²) in [6, 6.07) is 10.9. The highest BCUT2D eigenvalue weighted by Gasteiger charge is 2.18. The summed E-state index contributed by atoms with van der Waals surface area (Å²) in [5.41, 5.74) is 4.00. The molecule has 0 spiro atoms. The highest BCUT2D eigenvalue weighted by molar-refractivity contribution is 7.14. The number of thiazole rings is 1. The average molecular weight is 437 g/mol.